The molecule has 1 N–H and O–H groups in total. The number of hydrogen-bond acceptors (Lipinski definition) is 7. The first kappa shape index (κ1) is 24.8. The van der Waals surface area contributed by atoms with Crippen LogP contribution in [0.25, 0.3) is 10.2 Å². The minimum atomic E-state index is -3.88. The lowest BCUT2D eigenvalue weighted by atomic mass is 10.1. The molecule has 38 heavy (non-hydrogen) atoms. The maximum absolute atomic E-state index is 13.7. The second kappa shape index (κ2) is 8.48. The molecule has 1 fully saturated rings. The number of amides is 1. The van der Waals surface area contributed by atoms with E-state index in [0.717, 1.165) is 39.9 Å². The van der Waals surface area contributed by atoms with E-state index in [1.165, 1.54) is 10.6 Å². The van der Waals surface area contributed by atoms with Crippen molar-refractivity contribution in [3.63, 3.8) is 0 Å². The standard InChI is InChI=1S/C25H26N6O5S2/c1-25(6-7-25)27-38(35,36)20-9-19-22(33)30(13-16-10-26-29(3)11-16)24(34)31(23(19)37-20)12-15-4-5-18-17(8-15)14-28(2)21(18)32/h4-5,8-11,27H,6-7,12-14H2,1-3H3. The van der Waals surface area contributed by atoms with Gasteiger partial charge in [0.2, 0.25) is 0 Å². The molecule has 4 aromatic rings. The number of nitrogens with zero attached hydrogens (tertiary/aromatic N) is 5. The van der Waals surface area contributed by atoms with E-state index < -0.39 is 26.8 Å². The third-order valence-corrected chi connectivity index (χ3v) is 10.4. The second-order valence-electron chi connectivity index (χ2n) is 10.4. The fourth-order valence-electron chi connectivity index (χ4n) is 4.79. The Morgan fingerprint density at radius 1 is 1.05 bits per heavy atom. The van der Waals surface area contributed by atoms with Crippen molar-refractivity contribution in [1.29, 1.82) is 0 Å². The highest BCUT2D eigenvalue weighted by Crippen LogP contribution is 2.37. The van der Waals surface area contributed by atoms with Crippen LogP contribution in [0.2, 0.25) is 0 Å². The predicted octanol–water partition coefficient (Wildman–Crippen LogP) is 1.47. The lowest BCUT2D eigenvalue weighted by Gasteiger charge is -2.12. The molecule has 198 valence electrons. The summed E-state index contributed by atoms with van der Waals surface area (Å²) in [6, 6.07) is 6.77. The van der Waals surface area contributed by atoms with Crippen molar-refractivity contribution < 1.29 is 13.2 Å². The van der Waals surface area contributed by atoms with E-state index in [1.807, 2.05) is 13.0 Å². The van der Waals surface area contributed by atoms with Gasteiger partial charge in [0.15, 0.2) is 0 Å². The number of aromatic nitrogens is 4. The molecule has 13 heteroatoms. The molecule has 6 rings (SSSR count). The van der Waals surface area contributed by atoms with Gasteiger partial charge in [0, 0.05) is 43.5 Å². The smallest absolute Gasteiger partial charge is 0.332 e. The van der Waals surface area contributed by atoms with Crippen molar-refractivity contribution >= 4 is 37.5 Å². The van der Waals surface area contributed by atoms with Gasteiger partial charge in [-0.3, -0.25) is 23.4 Å². The summed E-state index contributed by atoms with van der Waals surface area (Å²) in [5, 5.41) is 4.28. The van der Waals surface area contributed by atoms with Crippen molar-refractivity contribution in [3.8, 4) is 0 Å². The predicted molar refractivity (Wildman–Crippen MR) is 142 cm³/mol. The average molecular weight is 555 g/mol. The van der Waals surface area contributed by atoms with Crippen LogP contribution in [0.15, 0.2) is 50.5 Å². The van der Waals surface area contributed by atoms with Crippen LogP contribution >= 0.6 is 11.3 Å². The van der Waals surface area contributed by atoms with Gasteiger partial charge in [-0.05, 0) is 43.0 Å². The molecule has 4 heterocycles. The number of nitrogens with one attached hydrogen (secondary N) is 1. The van der Waals surface area contributed by atoms with Crippen LogP contribution in [0.1, 0.15) is 46.8 Å². The Labute approximate surface area is 222 Å². The van der Waals surface area contributed by atoms with Crippen molar-refractivity contribution in [1.82, 2.24) is 28.5 Å². The van der Waals surface area contributed by atoms with E-state index >= 15 is 0 Å². The summed E-state index contributed by atoms with van der Waals surface area (Å²) in [6.45, 7) is 2.42. The molecule has 0 spiro atoms. The van der Waals surface area contributed by atoms with Gasteiger partial charge >= 0.3 is 5.69 Å². The van der Waals surface area contributed by atoms with E-state index in [0.29, 0.717) is 17.7 Å². The molecular weight excluding hydrogens is 528 g/mol. The molecule has 0 saturated heterocycles. The van der Waals surface area contributed by atoms with Gasteiger partial charge < -0.3 is 4.90 Å². The summed E-state index contributed by atoms with van der Waals surface area (Å²) >= 11 is 0.913. The Morgan fingerprint density at radius 3 is 2.47 bits per heavy atom. The van der Waals surface area contributed by atoms with Gasteiger partial charge in [0.05, 0.1) is 24.7 Å². The number of hydrogen-bond donors (Lipinski definition) is 1. The highest BCUT2D eigenvalue weighted by atomic mass is 32.2. The van der Waals surface area contributed by atoms with Gasteiger partial charge in [0.1, 0.15) is 9.04 Å². The summed E-state index contributed by atoms with van der Waals surface area (Å²) in [5.74, 6) is -0.0545. The fourth-order valence-corrected chi connectivity index (χ4v) is 7.69. The Kier molecular flexibility index (Phi) is 5.53. The highest BCUT2D eigenvalue weighted by Gasteiger charge is 2.42. The second-order valence-corrected chi connectivity index (χ2v) is 13.3. The zero-order valence-corrected chi connectivity index (χ0v) is 22.7. The SMILES string of the molecule is CN1Cc2cc(Cn3c(=O)n(Cc4cnn(C)c4)c(=O)c4cc(S(=O)(=O)NC5(C)CC5)sc43)ccc2C1=O. The molecule has 1 saturated carbocycles. The molecular formula is C25H26N6O5S2. The lowest BCUT2D eigenvalue weighted by Crippen LogP contribution is -2.40. The van der Waals surface area contributed by atoms with Crippen molar-refractivity contribution in [2.45, 2.75) is 49.1 Å². The number of fused-ring (bicyclic) bond motifs is 2. The van der Waals surface area contributed by atoms with E-state index in [4.69, 9.17) is 0 Å². The summed E-state index contributed by atoms with van der Waals surface area (Å²) < 4.78 is 33.1. The van der Waals surface area contributed by atoms with Gasteiger partial charge in [-0.1, -0.05) is 12.1 Å². The van der Waals surface area contributed by atoms with Crippen LogP contribution < -0.4 is 16.0 Å². The van der Waals surface area contributed by atoms with Crippen molar-refractivity contribution in [2.24, 2.45) is 7.05 Å². The molecule has 0 radical (unpaired) electrons. The van der Waals surface area contributed by atoms with E-state index in [-0.39, 0.29) is 33.4 Å². The zero-order chi connectivity index (χ0) is 27.0. The number of benzene rings is 1. The summed E-state index contributed by atoms with van der Waals surface area (Å²) in [7, 11) is -0.403. The molecule has 1 amide bonds. The highest BCUT2D eigenvalue weighted by molar-refractivity contribution is 7.91. The molecule has 1 aliphatic carbocycles. The lowest BCUT2D eigenvalue weighted by molar-refractivity contribution is 0.0816. The van der Waals surface area contributed by atoms with Gasteiger partial charge in [-0.25, -0.2) is 17.9 Å². The quantitative estimate of drug-likeness (QED) is 0.369. The van der Waals surface area contributed by atoms with Crippen LogP contribution in [0.4, 0.5) is 0 Å². The van der Waals surface area contributed by atoms with Crippen molar-refractivity contribution in [2.75, 3.05) is 7.05 Å². The molecule has 1 aliphatic heterocycles. The molecule has 11 nitrogen and oxygen atoms in total. The summed E-state index contributed by atoms with van der Waals surface area (Å²) in [5.41, 5.74) is 1.34. The number of sulfonamides is 1. The third-order valence-electron chi connectivity index (χ3n) is 7.11. The fraction of sp³-hybridized carbons (Fsp3) is 0.360. The van der Waals surface area contributed by atoms with E-state index in [1.54, 1.807) is 48.2 Å². The van der Waals surface area contributed by atoms with Crippen LogP contribution in [-0.4, -0.2) is 50.7 Å². The minimum Gasteiger partial charge on any atom is -0.337 e. The Morgan fingerprint density at radius 2 is 1.79 bits per heavy atom. The average Bonchev–Trinajstić information content (AvgIpc) is 3.17. The largest absolute Gasteiger partial charge is 0.337 e. The van der Waals surface area contributed by atoms with E-state index in [2.05, 4.69) is 9.82 Å². The van der Waals surface area contributed by atoms with Gasteiger partial charge in [0.25, 0.3) is 21.5 Å². The number of carbonyl (C=O) groups excluding carboxylic acids is 1. The topological polar surface area (TPSA) is 128 Å². The molecule has 0 unspecified atom stereocenters. The zero-order valence-electron chi connectivity index (χ0n) is 21.1. The Hall–Kier alpha value is -3.55. The number of carbonyl (C=O) groups is 1. The first-order chi connectivity index (χ1) is 17.9. The van der Waals surface area contributed by atoms with E-state index in [9.17, 15) is 22.8 Å². The molecule has 1 aromatic carbocycles. The normalized spacial score (nSPS) is 16.4. The van der Waals surface area contributed by atoms with Crippen LogP contribution in [0, 0.1) is 0 Å². The van der Waals surface area contributed by atoms with Crippen LogP contribution in [-0.2, 0) is 36.7 Å². The number of thiophene rings is 1. The van der Waals surface area contributed by atoms with Crippen LogP contribution in [0.3, 0.4) is 0 Å². The van der Waals surface area contributed by atoms with Crippen molar-refractivity contribution in [3.05, 3.63) is 79.8 Å². The molecule has 3 aromatic heterocycles. The first-order valence-corrected chi connectivity index (χ1v) is 14.4. The van der Waals surface area contributed by atoms with Gasteiger partial charge in [-0.2, -0.15) is 5.10 Å². The van der Waals surface area contributed by atoms with Gasteiger partial charge in [-0.15, -0.1) is 11.3 Å². The molecule has 0 atom stereocenters. The Balaban J connectivity index is 1.50. The monoisotopic (exact) mass is 554 g/mol. The third kappa shape index (κ3) is 4.20. The number of aryl methyl sites for hydroxylation is 1. The minimum absolute atomic E-state index is 0.000811. The summed E-state index contributed by atoms with van der Waals surface area (Å²) in [6.07, 6.45) is 4.79. The maximum atomic E-state index is 13.7. The Bertz CT molecular complexity index is 1860. The summed E-state index contributed by atoms with van der Waals surface area (Å²) in [4.78, 5) is 41.5. The van der Waals surface area contributed by atoms with Crippen LogP contribution in [0.5, 0.6) is 0 Å². The molecule has 0 bridgehead atoms. The number of rotatable bonds is 7. The maximum Gasteiger partial charge on any atom is 0.332 e. The molecule has 2 aliphatic rings. The first-order valence-electron chi connectivity index (χ1n) is 12.1.